The van der Waals surface area contributed by atoms with Crippen LogP contribution in [0.3, 0.4) is 0 Å². The molecule has 30 heavy (non-hydrogen) atoms. The van der Waals surface area contributed by atoms with Crippen molar-refractivity contribution in [3.8, 4) is 34.3 Å². The van der Waals surface area contributed by atoms with Crippen LogP contribution in [0, 0.1) is 0 Å². The third-order valence-corrected chi connectivity index (χ3v) is 4.43. The van der Waals surface area contributed by atoms with Crippen molar-refractivity contribution in [3.63, 3.8) is 0 Å². The van der Waals surface area contributed by atoms with Gasteiger partial charge in [0.25, 0.3) is 0 Å². The van der Waals surface area contributed by atoms with Crippen molar-refractivity contribution in [1.29, 1.82) is 0 Å². The minimum absolute atomic E-state index is 0. The van der Waals surface area contributed by atoms with Crippen LogP contribution in [0.1, 0.15) is 5.56 Å². The Kier molecular flexibility index (Phi) is 7.77. The number of hydrogen-bond acceptors (Lipinski definition) is 8. The maximum absolute atomic E-state index is 12.7. The third-order valence-electron chi connectivity index (χ3n) is 4.43. The van der Waals surface area contributed by atoms with Gasteiger partial charge in [0.1, 0.15) is 11.3 Å². The van der Waals surface area contributed by atoms with Crippen molar-refractivity contribution >= 4 is 16.9 Å². The molecule has 2 aromatic carbocycles. The van der Waals surface area contributed by atoms with E-state index in [0.29, 0.717) is 22.6 Å². The van der Waals surface area contributed by atoms with E-state index in [1.807, 2.05) is 0 Å². The van der Waals surface area contributed by atoms with Gasteiger partial charge in [0.15, 0.2) is 16.9 Å². The molecule has 3 aromatic rings. The van der Waals surface area contributed by atoms with Gasteiger partial charge in [-0.25, -0.2) is 0 Å². The summed E-state index contributed by atoms with van der Waals surface area (Å²) in [7, 11) is 5.80. The number of hydrogen-bond donors (Lipinski definition) is 0. The van der Waals surface area contributed by atoms with Crippen molar-refractivity contribution in [2.24, 2.45) is 0 Å². The molecule has 0 aliphatic rings. The Morgan fingerprint density at radius 2 is 1.63 bits per heavy atom. The maximum atomic E-state index is 12.7. The second-order valence-electron chi connectivity index (χ2n) is 6.04. The van der Waals surface area contributed by atoms with Gasteiger partial charge in [-0.15, -0.1) is 0 Å². The van der Waals surface area contributed by atoms with Gasteiger partial charge >= 0.3 is 29.6 Å². The van der Waals surface area contributed by atoms with E-state index < -0.39 is 12.4 Å². The zero-order valence-corrected chi connectivity index (χ0v) is 19.4. The standard InChI is InChI=1S/C21H20O8.Na/c1-25-16-9-13(19(26-2)21(28-4)20(16)27-3)15-10-14(22)12-7-5-6-11(8-17(23)24)18(12)29-15;/h5-7,9-10H,8H2,1-4H3,(H,23,24);/q;+1/p-1. The molecule has 0 fully saturated rings. The summed E-state index contributed by atoms with van der Waals surface area (Å²) in [6.45, 7) is 0. The number of carboxylic acid groups (broad SMARTS) is 1. The summed E-state index contributed by atoms with van der Waals surface area (Å²) in [6.07, 6.45) is -0.393. The second-order valence-corrected chi connectivity index (χ2v) is 6.04. The first-order chi connectivity index (χ1) is 13.9. The van der Waals surface area contributed by atoms with Crippen molar-refractivity contribution in [2.75, 3.05) is 28.4 Å². The fourth-order valence-corrected chi connectivity index (χ4v) is 3.18. The topological polar surface area (TPSA) is 107 Å². The molecule has 1 heterocycles. The molecule has 0 amide bonds. The SMILES string of the molecule is COc1cc(-c2cc(=O)c3cccc(CC(=O)[O-])c3o2)c(OC)c(OC)c1OC.[Na+]. The minimum atomic E-state index is -1.28. The van der Waals surface area contributed by atoms with Crippen LogP contribution in [0.5, 0.6) is 23.0 Å². The molecule has 0 radical (unpaired) electrons. The fraction of sp³-hybridized carbons (Fsp3) is 0.238. The van der Waals surface area contributed by atoms with Crippen LogP contribution < -0.4 is 59.0 Å². The Morgan fingerprint density at radius 1 is 0.967 bits per heavy atom. The summed E-state index contributed by atoms with van der Waals surface area (Å²) < 4.78 is 27.6. The second kappa shape index (κ2) is 9.88. The quantitative estimate of drug-likeness (QED) is 0.437. The summed E-state index contributed by atoms with van der Waals surface area (Å²) in [5, 5.41) is 11.4. The summed E-state index contributed by atoms with van der Waals surface area (Å²) in [6, 6.07) is 7.62. The van der Waals surface area contributed by atoms with Crippen LogP contribution >= 0.6 is 0 Å². The Bertz CT molecular complexity index is 1140. The molecule has 0 aliphatic heterocycles. The Labute approximate surface area is 194 Å². The van der Waals surface area contributed by atoms with Gasteiger partial charge < -0.3 is 33.3 Å². The van der Waals surface area contributed by atoms with Gasteiger partial charge in [-0.05, 0) is 12.1 Å². The van der Waals surface area contributed by atoms with E-state index in [-0.39, 0.29) is 63.2 Å². The number of rotatable bonds is 7. The summed E-state index contributed by atoms with van der Waals surface area (Å²) in [5.41, 5.74) is 0.532. The number of aliphatic carboxylic acids is 1. The van der Waals surface area contributed by atoms with Crippen molar-refractivity contribution in [2.45, 2.75) is 6.42 Å². The zero-order valence-electron chi connectivity index (χ0n) is 17.4. The number of carbonyl (C=O) groups is 1. The Balaban J connectivity index is 0.00000320. The summed E-state index contributed by atoms with van der Waals surface area (Å²) >= 11 is 0. The van der Waals surface area contributed by atoms with Crippen LogP contribution in [0.2, 0.25) is 0 Å². The van der Waals surface area contributed by atoms with E-state index in [1.54, 1.807) is 24.3 Å². The van der Waals surface area contributed by atoms with E-state index >= 15 is 0 Å². The van der Waals surface area contributed by atoms with Gasteiger partial charge in [-0.1, -0.05) is 12.1 Å². The molecule has 0 atom stereocenters. The molecule has 9 heteroatoms. The molecule has 0 spiro atoms. The van der Waals surface area contributed by atoms with Gasteiger partial charge in [0, 0.05) is 24.0 Å². The normalized spacial score (nSPS) is 10.3. The first-order valence-corrected chi connectivity index (χ1v) is 8.58. The first-order valence-electron chi connectivity index (χ1n) is 8.58. The van der Waals surface area contributed by atoms with Gasteiger partial charge in [-0.2, -0.15) is 0 Å². The van der Waals surface area contributed by atoms with Crippen molar-refractivity contribution < 1.29 is 62.8 Å². The molecule has 0 aliphatic carbocycles. The Morgan fingerprint density at radius 3 is 2.20 bits per heavy atom. The first kappa shape index (κ1) is 23.6. The number of carbonyl (C=O) groups excluding carboxylic acids is 1. The average molecular weight is 422 g/mol. The number of methoxy groups -OCH3 is 4. The zero-order chi connectivity index (χ0) is 21.1. The van der Waals surface area contributed by atoms with Crippen LogP contribution in [-0.4, -0.2) is 34.4 Å². The van der Waals surface area contributed by atoms with Gasteiger partial charge in [-0.3, -0.25) is 4.79 Å². The van der Waals surface area contributed by atoms with Gasteiger partial charge in [0.05, 0.1) is 39.4 Å². The number of carboxylic acids is 1. The van der Waals surface area contributed by atoms with E-state index in [2.05, 4.69) is 0 Å². The smallest absolute Gasteiger partial charge is 0.550 e. The molecular weight excluding hydrogens is 403 g/mol. The molecule has 3 rings (SSSR count). The molecule has 0 saturated heterocycles. The van der Waals surface area contributed by atoms with E-state index in [0.717, 1.165) is 0 Å². The largest absolute Gasteiger partial charge is 1.00 e. The number of fused-ring (bicyclic) bond motifs is 1. The maximum Gasteiger partial charge on any atom is 1.00 e. The molecule has 0 unspecified atom stereocenters. The molecule has 0 saturated carbocycles. The van der Waals surface area contributed by atoms with Crippen LogP contribution in [0.15, 0.2) is 39.5 Å². The summed E-state index contributed by atoms with van der Waals surface area (Å²) in [5.74, 6) is 0.0581. The number of benzene rings is 2. The van der Waals surface area contributed by atoms with Crippen LogP contribution in [0.4, 0.5) is 0 Å². The van der Waals surface area contributed by atoms with Crippen molar-refractivity contribution in [3.05, 3.63) is 46.1 Å². The van der Waals surface area contributed by atoms with Gasteiger partial charge in [0.2, 0.25) is 11.5 Å². The van der Waals surface area contributed by atoms with E-state index in [1.165, 1.54) is 34.5 Å². The molecule has 1 aromatic heterocycles. The molecule has 8 nitrogen and oxygen atoms in total. The van der Waals surface area contributed by atoms with Crippen molar-refractivity contribution in [1.82, 2.24) is 0 Å². The Hall–Kier alpha value is -2.68. The minimum Gasteiger partial charge on any atom is -0.550 e. The average Bonchev–Trinajstić information content (AvgIpc) is 2.71. The predicted molar refractivity (Wildman–Crippen MR) is 103 cm³/mol. The predicted octanol–water partition coefficient (Wildman–Crippen LogP) is -1.21. The van der Waals surface area contributed by atoms with Crippen LogP contribution in [-0.2, 0) is 11.2 Å². The fourth-order valence-electron chi connectivity index (χ4n) is 3.18. The molecule has 0 N–H and O–H groups in total. The molecule has 0 bridgehead atoms. The third kappa shape index (κ3) is 4.26. The summed E-state index contributed by atoms with van der Waals surface area (Å²) in [4.78, 5) is 23.8. The molecular formula is C21H19NaO8. The van der Waals surface area contributed by atoms with E-state index in [9.17, 15) is 14.7 Å². The van der Waals surface area contributed by atoms with Crippen LogP contribution in [0.25, 0.3) is 22.3 Å². The number of ether oxygens (including phenoxy) is 4. The number of para-hydroxylation sites is 1. The monoisotopic (exact) mass is 422 g/mol. The van der Waals surface area contributed by atoms with E-state index in [4.69, 9.17) is 23.4 Å². The molecule has 152 valence electrons.